The van der Waals surface area contributed by atoms with Gasteiger partial charge in [-0.2, -0.15) is 9.72 Å². The number of nitrogens with one attached hydrogen (secondary N) is 1. The van der Waals surface area contributed by atoms with Crippen LogP contribution in [0.5, 0.6) is 0 Å². The zero-order valence-electron chi connectivity index (χ0n) is 7.16. The van der Waals surface area contributed by atoms with Crippen molar-refractivity contribution in [1.82, 2.24) is 9.72 Å². The van der Waals surface area contributed by atoms with Crippen LogP contribution in [-0.2, 0) is 0 Å². The summed E-state index contributed by atoms with van der Waals surface area (Å²) in [5, 5.41) is 2.51. The average Bonchev–Trinajstić information content (AvgIpc) is 2.48. The summed E-state index contributed by atoms with van der Waals surface area (Å²) in [7, 11) is 0. The van der Waals surface area contributed by atoms with Crippen LogP contribution in [-0.4, -0.2) is 9.72 Å². The summed E-state index contributed by atoms with van der Waals surface area (Å²) in [5.74, 6) is -0.829. The van der Waals surface area contributed by atoms with Gasteiger partial charge in [0.05, 0.1) is 10.7 Å². The van der Waals surface area contributed by atoms with E-state index in [0.717, 1.165) is 4.57 Å². The molecule has 0 aliphatic rings. The number of hydrogen-bond acceptors (Lipinski definition) is 3. The van der Waals surface area contributed by atoms with Gasteiger partial charge in [0.25, 0.3) is 0 Å². The van der Waals surface area contributed by atoms with E-state index in [4.69, 9.17) is 23.2 Å². The van der Waals surface area contributed by atoms with Crippen LogP contribution in [0.15, 0.2) is 32.3 Å². The third-order valence-electron chi connectivity index (χ3n) is 1.76. The van der Waals surface area contributed by atoms with Crippen molar-refractivity contribution < 1.29 is 4.52 Å². The quantitative estimate of drug-likeness (QED) is 0.828. The molecule has 0 atom stereocenters. The first-order valence-electron chi connectivity index (χ1n) is 3.85. The van der Waals surface area contributed by atoms with E-state index < -0.39 is 11.4 Å². The van der Waals surface area contributed by atoms with Crippen molar-refractivity contribution >= 4 is 23.2 Å². The number of hydrogen-bond donors (Lipinski definition) is 1. The Labute approximate surface area is 92.8 Å². The Kier molecular flexibility index (Phi) is 2.42. The van der Waals surface area contributed by atoms with Gasteiger partial charge in [0.1, 0.15) is 0 Å². The predicted octanol–water partition coefficient (Wildman–Crippen LogP) is 1.43. The molecule has 0 bridgehead atoms. The number of nitrogens with zero attached hydrogens (tertiary/aromatic N) is 1. The van der Waals surface area contributed by atoms with Crippen LogP contribution in [0.2, 0.25) is 10.0 Å². The molecule has 1 aromatic carbocycles. The second-order valence-corrected chi connectivity index (χ2v) is 3.55. The second-order valence-electron chi connectivity index (χ2n) is 2.71. The Morgan fingerprint density at radius 3 is 2.53 bits per heavy atom. The van der Waals surface area contributed by atoms with Gasteiger partial charge in [0.2, 0.25) is 0 Å². The van der Waals surface area contributed by atoms with E-state index in [-0.39, 0.29) is 10.7 Å². The minimum Gasteiger partial charge on any atom is -0.319 e. The first kappa shape index (κ1) is 10.1. The largest absolute Gasteiger partial charge is 0.447 e. The lowest BCUT2D eigenvalue weighted by molar-refractivity contribution is 0.379. The van der Waals surface area contributed by atoms with E-state index in [9.17, 15) is 9.59 Å². The molecule has 1 aromatic heterocycles. The molecule has 0 saturated heterocycles. The fraction of sp³-hybridized carbons (Fsp3) is 0. The third-order valence-corrected chi connectivity index (χ3v) is 2.30. The van der Waals surface area contributed by atoms with E-state index in [0.29, 0.717) is 5.02 Å². The molecule has 0 spiro atoms. The van der Waals surface area contributed by atoms with E-state index in [2.05, 4.69) is 4.52 Å². The van der Waals surface area contributed by atoms with Gasteiger partial charge in [-0.25, -0.2) is 9.59 Å². The number of H-pyrrole nitrogens is 1. The van der Waals surface area contributed by atoms with Crippen molar-refractivity contribution in [2.45, 2.75) is 0 Å². The molecule has 0 radical (unpaired) electrons. The molecule has 5 nitrogen and oxygen atoms in total. The maximum absolute atomic E-state index is 11.2. The molecule has 0 fully saturated rings. The Balaban J connectivity index is 2.75. The fourth-order valence-corrected chi connectivity index (χ4v) is 1.62. The number of aromatic amines is 1. The zero-order valence-corrected chi connectivity index (χ0v) is 8.67. The van der Waals surface area contributed by atoms with Gasteiger partial charge in [0, 0.05) is 5.02 Å². The molecular weight excluding hydrogens is 243 g/mol. The minimum absolute atomic E-state index is 0.191. The molecule has 1 N–H and O–H groups in total. The third kappa shape index (κ3) is 1.71. The first-order valence-corrected chi connectivity index (χ1v) is 4.61. The lowest BCUT2D eigenvalue weighted by Gasteiger charge is -2.01. The fourth-order valence-electron chi connectivity index (χ4n) is 1.13. The number of halogens is 2. The molecule has 0 aliphatic carbocycles. The summed E-state index contributed by atoms with van der Waals surface area (Å²) in [6, 6.07) is 4.40. The van der Waals surface area contributed by atoms with Gasteiger partial charge >= 0.3 is 11.4 Å². The van der Waals surface area contributed by atoms with E-state index in [1.165, 1.54) is 18.2 Å². The first-order chi connectivity index (χ1) is 7.09. The van der Waals surface area contributed by atoms with Crippen LogP contribution < -0.4 is 11.4 Å². The van der Waals surface area contributed by atoms with Crippen LogP contribution in [0.25, 0.3) is 5.69 Å². The van der Waals surface area contributed by atoms with Crippen molar-refractivity contribution in [2.75, 3.05) is 0 Å². The van der Waals surface area contributed by atoms with Crippen LogP contribution in [0, 0.1) is 0 Å². The normalized spacial score (nSPS) is 10.5. The van der Waals surface area contributed by atoms with Gasteiger partial charge in [-0.05, 0) is 18.2 Å². The maximum atomic E-state index is 11.2. The molecule has 7 heteroatoms. The van der Waals surface area contributed by atoms with Crippen molar-refractivity contribution in [3.05, 3.63) is 49.3 Å². The molecule has 15 heavy (non-hydrogen) atoms. The summed E-state index contributed by atoms with van der Waals surface area (Å²) < 4.78 is 5.09. The summed E-state index contributed by atoms with van der Waals surface area (Å²) >= 11 is 11.5. The van der Waals surface area contributed by atoms with Crippen LogP contribution in [0.3, 0.4) is 0 Å². The zero-order chi connectivity index (χ0) is 11.0. The van der Waals surface area contributed by atoms with Crippen molar-refractivity contribution in [1.29, 1.82) is 0 Å². The molecule has 2 rings (SSSR count). The standard InChI is InChI=1S/C8H4Cl2N2O3/c9-4-1-2-6(5(10)3-4)12-7(13)11-15-8(12)14/h1-3H,(H,11,13). The highest BCUT2D eigenvalue weighted by Gasteiger charge is 2.11. The molecule has 1 heterocycles. The van der Waals surface area contributed by atoms with Gasteiger partial charge in [-0.15, -0.1) is 0 Å². The Morgan fingerprint density at radius 1 is 1.27 bits per heavy atom. The van der Waals surface area contributed by atoms with Gasteiger partial charge in [-0.1, -0.05) is 23.2 Å². The predicted molar refractivity (Wildman–Crippen MR) is 54.9 cm³/mol. The number of benzene rings is 1. The monoisotopic (exact) mass is 246 g/mol. The van der Waals surface area contributed by atoms with Gasteiger partial charge < -0.3 is 4.52 Å². The van der Waals surface area contributed by atoms with Crippen molar-refractivity contribution in [3.8, 4) is 5.69 Å². The second kappa shape index (κ2) is 3.60. The summed E-state index contributed by atoms with van der Waals surface area (Å²) in [6.45, 7) is 0. The maximum Gasteiger partial charge on any atom is 0.447 e. The summed E-state index contributed by atoms with van der Waals surface area (Å²) in [6.07, 6.45) is 0. The lowest BCUT2D eigenvalue weighted by atomic mass is 10.3. The molecular formula is C8H4Cl2N2O3. The van der Waals surface area contributed by atoms with Crippen LogP contribution >= 0.6 is 23.2 Å². The molecule has 78 valence electrons. The number of rotatable bonds is 1. The average molecular weight is 247 g/mol. The smallest absolute Gasteiger partial charge is 0.319 e. The highest BCUT2D eigenvalue weighted by Crippen LogP contribution is 2.22. The van der Waals surface area contributed by atoms with E-state index >= 15 is 0 Å². The van der Waals surface area contributed by atoms with Crippen molar-refractivity contribution in [3.63, 3.8) is 0 Å². The Bertz CT molecular complexity index is 583. The molecule has 2 aromatic rings. The molecule has 0 aliphatic heterocycles. The summed E-state index contributed by atoms with van der Waals surface area (Å²) in [5.41, 5.74) is -0.467. The topological polar surface area (TPSA) is 68.0 Å². The number of aromatic nitrogens is 2. The lowest BCUT2D eigenvalue weighted by Crippen LogP contribution is -2.24. The molecule has 0 amide bonds. The van der Waals surface area contributed by atoms with E-state index in [1.807, 2.05) is 5.16 Å². The van der Waals surface area contributed by atoms with Gasteiger partial charge in [-0.3, -0.25) is 0 Å². The minimum atomic E-state index is -0.829. The highest BCUT2D eigenvalue weighted by atomic mass is 35.5. The Hall–Kier alpha value is -1.46. The van der Waals surface area contributed by atoms with Crippen LogP contribution in [0.4, 0.5) is 0 Å². The SMILES string of the molecule is O=c1[nH]oc(=O)n1-c1ccc(Cl)cc1Cl. The molecule has 0 saturated carbocycles. The molecule has 0 unspecified atom stereocenters. The van der Waals surface area contributed by atoms with Crippen molar-refractivity contribution in [2.24, 2.45) is 0 Å². The summed E-state index contributed by atoms with van der Waals surface area (Å²) in [4.78, 5) is 22.4. The van der Waals surface area contributed by atoms with Crippen LogP contribution in [0.1, 0.15) is 0 Å². The van der Waals surface area contributed by atoms with Gasteiger partial charge in [0.15, 0.2) is 0 Å². The highest BCUT2D eigenvalue weighted by molar-refractivity contribution is 6.35. The van der Waals surface area contributed by atoms with E-state index in [1.54, 1.807) is 0 Å². The Morgan fingerprint density at radius 2 is 2.00 bits per heavy atom.